The number of amides is 1. The molecule has 0 N–H and O–H groups in total. The second-order valence-electron chi connectivity index (χ2n) is 3.24. The van der Waals surface area contributed by atoms with Crippen molar-refractivity contribution in [3.05, 3.63) is 12.7 Å². The van der Waals surface area contributed by atoms with Crippen molar-refractivity contribution in [3.63, 3.8) is 0 Å². The number of unbranched alkanes of at least 4 members (excludes halogenated alkanes) is 2. The van der Waals surface area contributed by atoms with Gasteiger partial charge in [-0.05, 0) is 18.9 Å². The van der Waals surface area contributed by atoms with Gasteiger partial charge in [0.15, 0.2) is 0 Å². The number of rotatable bonds is 7. The molecule has 0 heterocycles. The van der Waals surface area contributed by atoms with Gasteiger partial charge in [-0.25, -0.2) is 0 Å². The quantitative estimate of drug-likeness (QED) is 0.556. The monoisotopic (exact) mass is 183 g/mol. The molecule has 0 saturated heterocycles. The lowest BCUT2D eigenvalue weighted by Gasteiger charge is -2.20. The van der Waals surface area contributed by atoms with Crippen molar-refractivity contribution < 1.29 is 4.79 Å². The minimum atomic E-state index is 0.0712. The Bertz CT molecular complexity index is 146. The van der Waals surface area contributed by atoms with E-state index in [-0.39, 0.29) is 5.91 Å². The zero-order valence-electron chi connectivity index (χ0n) is 8.88. The molecule has 0 rings (SSSR count). The minimum absolute atomic E-state index is 0.0712. The van der Waals surface area contributed by atoms with E-state index in [0.29, 0.717) is 0 Å². The molecule has 0 aromatic heterocycles. The fraction of sp³-hybridized carbons (Fsp3) is 0.727. The summed E-state index contributed by atoms with van der Waals surface area (Å²) in [4.78, 5) is 13.2. The molecule has 0 aromatic rings. The summed E-state index contributed by atoms with van der Waals surface area (Å²) in [6.07, 6.45) is 5.85. The number of hydrogen-bond acceptors (Lipinski definition) is 1. The summed E-state index contributed by atoms with van der Waals surface area (Å²) in [5.41, 5.74) is 0. The Hall–Kier alpha value is -0.790. The third-order valence-corrected chi connectivity index (χ3v) is 2.05. The first kappa shape index (κ1) is 12.2. The molecule has 0 aliphatic carbocycles. The van der Waals surface area contributed by atoms with Crippen LogP contribution >= 0.6 is 0 Å². The molecule has 0 bridgehead atoms. The van der Waals surface area contributed by atoms with Gasteiger partial charge in [0.1, 0.15) is 0 Å². The Morgan fingerprint density at radius 3 is 2.00 bits per heavy atom. The van der Waals surface area contributed by atoms with Crippen LogP contribution in [0.15, 0.2) is 12.7 Å². The van der Waals surface area contributed by atoms with E-state index in [4.69, 9.17) is 0 Å². The van der Waals surface area contributed by atoms with Crippen molar-refractivity contribution in [1.29, 1.82) is 0 Å². The average Bonchev–Trinajstić information content (AvgIpc) is 2.17. The Morgan fingerprint density at radius 1 is 1.23 bits per heavy atom. The molecule has 0 fully saturated rings. The van der Waals surface area contributed by atoms with E-state index in [0.717, 1.165) is 38.8 Å². The van der Waals surface area contributed by atoms with Gasteiger partial charge in [0.05, 0.1) is 0 Å². The molecule has 2 nitrogen and oxygen atoms in total. The van der Waals surface area contributed by atoms with Gasteiger partial charge in [0.2, 0.25) is 5.91 Å². The molecule has 13 heavy (non-hydrogen) atoms. The zero-order valence-corrected chi connectivity index (χ0v) is 8.88. The Balaban J connectivity index is 3.86. The second-order valence-corrected chi connectivity index (χ2v) is 3.24. The summed E-state index contributed by atoms with van der Waals surface area (Å²) in [6.45, 7) is 9.53. The van der Waals surface area contributed by atoms with Crippen LogP contribution in [0.5, 0.6) is 0 Å². The van der Waals surface area contributed by atoms with Crippen LogP contribution in [0.3, 0.4) is 0 Å². The van der Waals surface area contributed by atoms with Crippen LogP contribution in [0.1, 0.15) is 39.5 Å². The van der Waals surface area contributed by atoms with E-state index in [1.807, 2.05) is 4.90 Å². The highest BCUT2D eigenvalue weighted by Crippen LogP contribution is 2.00. The van der Waals surface area contributed by atoms with Gasteiger partial charge in [-0.15, -0.1) is 0 Å². The Morgan fingerprint density at radius 2 is 1.69 bits per heavy atom. The van der Waals surface area contributed by atoms with E-state index in [1.165, 1.54) is 6.08 Å². The van der Waals surface area contributed by atoms with Crippen LogP contribution in [-0.2, 0) is 4.79 Å². The normalized spacial score (nSPS) is 9.69. The van der Waals surface area contributed by atoms with E-state index < -0.39 is 0 Å². The van der Waals surface area contributed by atoms with Crippen LogP contribution in [0.2, 0.25) is 0 Å². The van der Waals surface area contributed by atoms with Crippen LogP contribution in [0, 0.1) is 0 Å². The number of carbonyl (C=O) groups excluding carboxylic acids is 1. The lowest BCUT2D eigenvalue weighted by Crippen LogP contribution is -2.31. The third kappa shape index (κ3) is 5.45. The van der Waals surface area contributed by atoms with E-state index in [2.05, 4.69) is 20.4 Å². The molecule has 0 aliphatic heterocycles. The molecule has 0 saturated carbocycles. The van der Waals surface area contributed by atoms with Gasteiger partial charge in [-0.2, -0.15) is 0 Å². The molecule has 0 radical (unpaired) electrons. The maximum absolute atomic E-state index is 11.3. The van der Waals surface area contributed by atoms with Crippen molar-refractivity contribution in [1.82, 2.24) is 4.90 Å². The first-order valence-electron chi connectivity index (χ1n) is 5.17. The predicted molar refractivity (Wildman–Crippen MR) is 56.6 cm³/mol. The van der Waals surface area contributed by atoms with Crippen molar-refractivity contribution in [2.45, 2.75) is 39.5 Å². The van der Waals surface area contributed by atoms with Crippen molar-refractivity contribution in [2.24, 2.45) is 0 Å². The van der Waals surface area contributed by atoms with Crippen molar-refractivity contribution >= 4 is 5.91 Å². The third-order valence-electron chi connectivity index (χ3n) is 2.05. The highest BCUT2D eigenvalue weighted by Gasteiger charge is 2.07. The van der Waals surface area contributed by atoms with Crippen LogP contribution in [-0.4, -0.2) is 23.9 Å². The lowest BCUT2D eigenvalue weighted by molar-refractivity contribution is -0.126. The van der Waals surface area contributed by atoms with E-state index in [1.54, 1.807) is 0 Å². The maximum atomic E-state index is 11.3. The maximum Gasteiger partial charge on any atom is 0.245 e. The molecular weight excluding hydrogens is 162 g/mol. The van der Waals surface area contributed by atoms with Crippen LogP contribution < -0.4 is 0 Å². The van der Waals surface area contributed by atoms with Gasteiger partial charge in [0, 0.05) is 13.1 Å². The van der Waals surface area contributed by atoms with Crippen LogP contribution in [0.25, 0.3) is 0 Å². The first-order valence-corrected chi connectivity index (χ1v) is 5.17. The summed E-state index contributed by atoms with van der Waals surface area (Å²) >= 11 is 0. The summed E-state index contributed by atoms with van der Waals surface area (Å²) in [5, 5.41) is 0. The van der Waals surface area contributed by atoms with E-state index in [9.17, 15) is 4.79 Å². The largest absolute Gasteiger partial charge is 0.339 e. The molecule has 2 heteroatoms. The molecule has 76 valence electrons. The summed E-state index contributed by atoms with van der Waals surface area (Å²) < 4.78 is 0. The smallest absolute Gasteiger partial charge is 0.245 e. The Kier molecular flexibility index (Phi) is 7.36. The molecule has 0 aromatic carbocycles. The van der Waals surface area contributed by atoms with Gasteiger partial charge in [0.25, 0.3) is 0 Å². The molecule has 0 atom stereocenters. The molecule has 0 unspecified atom stereocenters. The van der Waals surface area contributed by atoms with Crippen molar-refractivity contribution in [2.75, 3.05) is 13.1 Å². The topological polar surface area (TPSA) is 20.3 Å². The fourth-order valence-corrected chi connectivity index (χ4v) is 1.16. The fourth-order valence-electron chi connectivity index (χ4n) is 1.16. The highest BCUT2D eigenvalue weighted by atomic mass is 16.2. The summed E-state index contributed by atoms with van der Waals surface area (Å²) in [6, 6.07) is 0. The van der Waals surface area contributed by atoms with Gasteiger partial charge < -0.3 is 4.90 Å². The average molecular weight is 183 g/mol. The first-order chi connectivity index (χ1) is 6.26. The van der Waals surface area contributed by atoms with E-state index >= 15 is 0 Å². The zero-order chi connectivity index (χ0) is 10.1. The number of nitrogens with zero attached hydrogens (tertiary/aromatic N) is 1. The molecule has 1 amide bonds. The van der Waals surface area contributed by atoms with Gasteiger partial charge >= 0.3 is 0 Å². The molecular formula is C11H21NO. The number of carbonyl (C=O) groups is 1. The second kappa shape index (κ2) is 7.84. The predicted octanol–water partition coefficient (Wildman–Crippen LogP) is 2.60. The standard InChI is InChI=1S/C11H21NO/c1-4-7-9-12(10-8-5-2)11(13)6-3/h6H,3-5,7-10H2,1-2H3. The van der Waals surface area contributed by atoms with Crippen LogP contribution in [0.4, 0.5) is 0 Å². The summed E-state index contributed by atoms with van der Waals surface area (Å²) in [7, 11) is 0. The van der Waals surface area contributed by atoms with Gasteiger partial charge in [-0.1, -0.05) is 33.3 Å². The minimum Gasteiger partial charge on any atom is -0.339 e. The molecule has 0 aliphatic rings. The summed E-state index contributed by atoms with van der Waals surface area (Å²) in [5.74, 6) is 0.0712. The molecule has 0 spiro atoms. The SMILES string of the molecule is C=CC(=O)N(CCCC)CCCC. The number of hydrogen-bond donors (Lipinski definition) is 0. The Labute approximate surface area is 81.6 Å². The lowest BCUT2D eigenvalue weighted by atomic mass is 10.2. The highest BCUT2D eigenvalue weighted by molar-refractivity contribution is 5.86. The van der Waals surface area contributed by atoms with Gasteiger partial charge in [-0.3, -0.25) is 4.79 Å². The van der Waals surface area contributed by atoms with Crippen molar-refractivity contribution in [3.8, 4) is 0 Å².